The Hall–Kier alpha value is -2.41. The van der Waals surface area contributed by atoms with Gasteiger partial charge < -0.3 is 0 Å². The van der Waals surface area contributed by atoms with E-state index in [1.165, 1.54) is 0 Å². The van der Waals surface area contributed by atoms with Crippen LogP contribution in [-0.4, -0.2) is 5.78 Å². The van der Waals surface area contributed by atoms with E-state index in [0.717, 1.165) is 11.1 Å². The number of allylic oxidation sites excluding steroid dienone is 1. The van der Waals surface area contributed by atoms with Crippen molar-refractivity contribution in [2.75, 3.05) is 0 Å². The summed E-state index contributed by atoms with van der Waals surface area (Å²) in [6.07, 6.45) is 5.20. The molecule has 18 heavy (non-hydrogen) atoms. The molecule has 2 aromatic carbocycles. The van der Waals surface area contributed by atoms with Crippen molar-refractivity contribution in [3.05, 3.63) is 83.9 Å². The molecule has 0 fully saturated rings. The number of benzene rings is 2. The average Bonchev–Trinajstić information content (AvgIpc) is 2.46. The van der Waals surface area contributed by atoms with Gasteiger partial charge in [0.15, 0.2) is 5.78 Å². The van der Waals surface area contributed by atoms with Gasteiger partial charge in [-0.15, -0.1) is 0 Å². The first kappa shape index (κ1) is 12.1. The quantitative estimate of drug-likeness (QED) is 0.571. The van der Waals surface area contributed by atoms with E-state index in [0.29, 0.717) is 5.56 Å². The van der Waals surface area contributed by atoms with Gasteiger partial charge in [-0.05, 0) is 23.3 Å². The molecule has 1 nitrogen and oxygen atoms in total. The Morgan fingerprint density at radius 3 is 2.39 bits per heavy atom. The van der Waals surface area contributed by atoms with Gasteiger partial charge >= 0.3 is 0 Å². The Kier molecular flexibility index (Phi) is 3.87. The van der Waals surface area contributed by atoms with E-state index in [4.69, 9.17) is 0 Å². The van der Waals surface area contributed by atoms with Crippen molar-refractivity contribution < 1.29 is 4.79 Å². The van der Waals surface area contributed by atoms with E-state index in [9.17, 15) is 4.79 Å². The van der Waals surface area contributed by atoms with E-state index in [1.807, 2.05) is 60.7 Å². The minimum atomic E-state index is 0.0135. The van der Waals surface area contributed by atoms with E-state index in [-0.39, 0.29) is 5.78 Å². The second-order valence-corrected chi connectivity index (χ2v) is 3.94. The van der Waals surface area contributed by atoms with Crippen LogP contribution in [0.4, 0.5) is 0 Å². The molecule has 0 atom stereocenters. The van der Waals surface area contributed by atoms with Crippen LogP contribution >= 0.6 is 0 Å². The predicted molar refractivity (Wildman–Crippen MR) is 76.3 cm³/mol. The van der Waals surface area contributed by atoms with Gasteiger partial charge in [-0.3, -0.25) is 4.79 Å². The summed E-state index contributed by atoms with van der Waals surface area (Å²) in [5.74, 6) is 0.0135. The maximum absolute atomic E-state index is 11.9. The lowest BCUT2D eigenvalue weighted by Crippen LogP contribution is -1.92. The van der Waals surface area contributed by atoms with Crippen molar-refractivity contribution in [1.82, 2.24) is 0 Å². The number of ketones is 1. The summed E-state index contributed by atoms with van der Waals surface area (Å²) in [5, 5.41) is 0. The van der Waals surface area contributed by atoms with Crippen molar-refractivity contribution in [2.24, 2.45) is 0 Å². The summed E-state index contributed by atoms with van der Waals surface area (Å²) in [6.45, 7) is 3.72. The molecule has 2 aromatic rings. The lowest BCUT2D eigenvalue weighted by Gasteiger charge is -1.97. The SMILES string of the molecule is C=Cc1cccc(/C=C/C(=O)c2ccccc2)c1. The van der Waals surface area contributed by atoms with E-state index >= 15 is 0 Å². The maximum atomic E-state index is 11.9. The summed E-state index contributed by atoms with van der Waals surface area (Å²) < 4.78 is 0. The number of carbonyl (C=O) groups is 1. The Balaban J connectivity index is 2.16. The molecule has 0 bridgehead atoms. The van der Waals surface area contributed by atoms with Crippen LogP contribution in [0, 0.1) is 0 Å². The predicted octanol–water partition coefficient (Wildman–Crippen LogP) is 4.23. The van der Waals surface area contributed by atoms with Crippen LogP contribution in [0.15, 0.2) is 67.3 Å². The molecule has 0 unspecified atom stereocenters. The molecule has 0 N–H and O–H groups in total. The van der Waals surface area contributed by atoms with Gasteiger partial charge in [-0.2, -0.15) is 0 Å². The molecule has 88 valence electrons. The fourth-order valence-corrected chi connectivity index (χ4v) is 1.66. The molecule has 0 saturated heterocycles. The minimum Gasteiger partial charge on any atom is -0.289 e. The molecule has 2 rings (SSSR count). The number of hydrogen-bond acceptors (Lipinski definition) is 1. The number of carbonyl (C=O) groups excluding carboxylic acids is 1. The summed E-state index contributed by atoms with van der Waals surface area (Å²) in [6, 6.07) is 17.1. The zero-order valence-corrected chi connectivity index (χ0v) is 10.0. The Bertz CT molecular complexity index is 580. The van der Waals surface area contributed by atoms with Gasteiger partial charge in [0.1, 0.15) is 0 Å². The highest BCUT2D eigenvalue weighted by Crippen LogP contribution is 2.09. The van der Waals surface area contributed by atoms with Gasteiger partial charge in [-0.25, -0.2) is 0 Å². The first-order chi connectivity index (χ1) is 8.79. The lowest BCUT2D eigenvalue weighted by atomic mass is 10.1. The van der Waals surface area contributed by atoms with Crippen molar-refractivity contribution in [3.8, 4) is 0 Å². The zero-order valence-electron chi connectivity index (χ0n) is 10.0. The minimum absolute atomic E-state index is 0.0135. The van der Waals surface area contributed by atoms with Crippen LogP contribution < -0.4 is 0 Å². The summed E-state index contributed by atoms with van der Waals surface area (Å²) in [4.78, 5) is 11.9. The molecule has 0 aliphatic heterocycles. The molecule has 0 radical (unpaired) electrons. The first-order valence-corrected chi connectivity index (χ1v) is 5.79. The third-order valence-corrected chi connectivity index (χ3v) is 2.63. The normalized spacial score (nSPS) is 10.4. The fourth-order valence-electron chi connectivity index (χ4n) is 1.66. The van der Waals surface area contributed by atoms with E-state index in [1.54, 1.807) is 12.2 Å². The molecular formula is C17H14O. The summed E-state index contributed by atoms with van der Waals surface area (Å²) in [7, 11) is 0. The van der Waals surface area contributed by atoms with Gasteiger partial charge in [0, 0.05) is 5.56 Å². The van der Waals surface area contributed by atoms with Crippen LogP contribution in [0.2, 0.25) is 0 Å². The third-order valence-electron chi connectivity index (χ3n) is 2.63. The standard InChI is InChI=1S/C17H14O/c1-2-14-7-6-8-15(13-14)11-12-17(18)16-9-4-3-5-10-16/h2-13H,1H2/b12-11+. The Morgan fingerprint density at radius 2 is 1.67 bits per heavy atom. The van der Waals surface area contributed by atoms with Crippen molar-refractivity contribution in [3.63, 3.8) is 0 Å². The molecule has 1 heteroatoms. The molecule has 0 heterocycles. The van der Waals surface area contributed by atoms with Crippen molar-refractivity contribution in [2.45, 2.75) is 0 Å². The zero-order chi connectivity index (χ0) is 12.8. The average molecular weight is 234 g/mol. The molecule has 0 aliphatic rings. The first-order valence-electron chi connectivity index (χ1n) is 5.79. The highest BCUT2D eigenvalue weighted by molar-refractivity contribution is 6.06. The van der Waals surface area contributed by atoms with Gasteiger partial charge in [0.05, 0.1) is 0 Å². The number of rotatable bonds is 4. The lowest BCUT2D eigenvalue weighted by molar-refractivity contribution is 0.104. The largest absolute Gasteiger partial charge is 0.289 e. The van der Waals surface area contributed by atoms with Crippen molar-refractivity contribution >= 4 is 17.9 Å². The highest BCUT2D eigenvalue weighted by Gasteiger charge is 1.99. The van der Waals surface area contributed by atoms with Crippen molar-refractivity contribution in [1.29, 1.82) is 0 Å². The fraction of sp³-hybridized carbons (Fsp3) is 0. The van der Waals surface area contributed by atoms with E-state index in [2.05, 4.69) is 6.58 Å². The van der Waals surface area contributed by atoms with Crippen LogP contribution in [0.3, 0.4) is 0 Å². The summed E-state index contributed by atoms with van der Waals surface area (Å²) in [5.41, 5.74) is 2.75. The Morgan fingerprint density at radius 1 is 0.944 bits per heavy atom. The molecule has 0 amide bonds. The molecular weight excluding hydrogens is 220 g/mol. The van der Waals surface area contributed by atoms with E-state index < -0.39 is 0 Å². The highest BCUT2D eigenvalue weighted by atomic mass is 16.1. The Labute approximate surface area is 107 Å². The van der Waals surface area contributed by atoms with Crippen LogP contribution in [0.1, 0.15) is 21.5 Å². The van der Waals surface area contributed by atoms with Crippen LogP contribution in [0.25, 0.3) is 12.2 Å². The monoisotopic (exact) mass is 234 g/mol. The molecule has 0 spiro atoms. The molecule has 0 aromatic heterocycles. The summed E-state index contributed by atoms with van der Waals surface area (Å²) >= 11 is 0. The van der Waals surface area contributed by atoms with Gasteiger partial charge in [0.25, 0.3) is 0 Å². The van der Waals surface area contributed by atoms with Crippen LogP contribution in [-0.2, 0) is 0 Å². The second-order valence-electron chi connectivity index (χ2n) is 3.94. The third kappa shape index (κ3) is 3.05. The molecule has 0 aliphatic carbocycles. The maximum Gasteiger partial charge on any atom is 0.185 e. The van der Waals surface area contributed by atoms with Crippen LogP contribution in [0.5, 0.6) is 0 Å². The van der Waals surface area contributed by atoms with Gasteiger partial charge in [-0.1, -0.05) is 67.3 Å². The molecule has 0 saturated carbocycles. The second kappa shape index (κ2) is 5.78. The topological polar surface area (TPSA) is 17.1 Å². The smallest absolute Gasteiger partial charge is 0.185 e. The number of hydrogen-bond donors (Lipinski definition) is 0. The van der Waals surface area contributed by atoms with Gasteiger partial charge in [0.2, 0.25) is 0 Å².